The van der Waals surface area contributed by atoms with Gasteiger partial charge in [0.05, 0.1) is 12.9 Å². The molecule has 0 bridgehead atoms. The largest absolute Gasteiger partial charge is 0.480 e. The lowest BCUT2D eigenvalue weighted by molar-refractivity contribution is -0.142. The van der Waals surface area contributed by atoms with Crippen LogP contribution in [0.15, 0.2) is 12.5 Å². The van der Waals surface area contributed by atoms with Crippen molar-refractivity contribution in [3.05, 3.63) is 18.2 Å². The van der Waals surface area contributed by atoms with Crippen LogP contribution in [0.3, 0.4) is 0 Å². The highest BCUT2D eigenvalue weighted by molar-refractivity contribution is 5.97. The molecular weight excluding hydrogens is 664 g/mol. The van der Waals surface area contributed by atoms with Crippen LogP contribution in [0.2, 0.25) is 0 Å². The molecule has 1 aromatic heterocycles. The standard InChI is InChI=1S/C33H58N10O8/c1-17(2)12-23(41-31(48)26(18(3)4)42-25(44)14-35)30(47)40-24(13-21-15-36-16-37-21)29(46)38-20(7)28(45)43-27(19(5)6)32(49)39-22(33(50)51)10-8-9-11-34/h15-20,22-24,26-27H,8-14,34-35H2,1-7H3,(H,36,37)(H,38,46)(H,39,49)(H,40,47)(H,41,48)(H,42,44)(H,43,45)(H,50,51)/t20-,22-,23-,24-,26-,27-/m0/s1. The van der Waals surface area contributed by atoms with E-state index in [1.807, 2.05) is 13.8 Å². The molecular formula is C33H58N10O8. The number of hydrogen-bond acceptors (Lipinski definition) is 10. The van der Waals surface area contributed by atoms with Crippen molar-refractivity contribution in [3.63, 3.8) is 0 Å². The number of unbranched alkanes of at least 4 members (excludes halogenated alkanes) is 1. The fourth-order valence-electron chi connectivity index (χ4n) is 5.03. The van der Waals surface area contributed by atoms with Crippen molar-refractivity contribution in [2.75, 3.05) is 13.1 Å². The number of carboxylic acids is 1. The number of aromatic nitrogens is 2. The number of carboxylic acid groups (broad SMARTS) is 1. The Morgan fingerprint density at radius 2 is 1.25 bits per heavy atom. The Morgan fingerprint density at radius 3 is 1.75 bits per heavy atom. The molecule has 1 heterocycles. The molecule has 0 aliphatic carbocycles. The predicted molar refractivity (Wildman–Crippen MR) is 188 cm³/mol. The summed E-state index contributed by atoms with van der Waals surface area (Å²) in [6, 6.07) is -6.74. The first-order valence-electron chi connectivity index (χ1n) is 17.3. The molecule has 0 fully saturated rings. The van der Waals surface area contributed by atoms with E-state index in [0.29, 0.717) is 25.1 Å². The summed E-state index contributed by atoms with van der Waals surface area (Å²) in [6.07, 6.45) is 4.26. The number of amides is 6. The average Bonchev–Trinajstić information content (AvgIpc) is 3.57. The molecule has 288 valence electrons. The zero-order valence-electron chi connectivity index (χ0n) is 30.7. The normalized spacial score (nSPS) is 14.8. The smallest absolute Gasteiger partial charge is 0.326 e. The van der Waals surface area contributed by atoms with Crippen molar-refractivity contribution in [1.29, 1.82) is 0 Å². The van der Waals surface area contributed by atoms with Crippen molar-refractivity contribution in [2.45, 2.75) is 117 Å². The van der Waals surface area contributed by atoms with Crippen LogP contribution in [0.25, 0.3) is 0 Å². The van der Waals surface area contributed by atoms with Gasteiger partial charge in [-0.1, -0.05) is 41.5 Å². The summed E-state index contributed by atoms with van der Waals surface area (Å²) in [5.41, 5.74) is 11.4. The molecule has 0 radical (unpaired) electrons. The molecule has 6 atom stereocenters. The van der Waals surface area contributed by atoms with E-state index in [2.05, 4.69) is 41.9 Å². The first kappa shape index (κ1) is 44.4. The second kappa shape index (κ2) is 22.3. The van der Waals surface area contributed by atoms with Gasteiger partial charge in [0.2, 0.25) is 35.4 Å². The zero-order chi connectivity index (χ0) is 38.8. The van der Waals surface area contributed by atoms with Gasteiger partial charge in [0.25, 0.3) is 0 Å². The second-order valence-corrected chi connectivity index (χ2v) is 13.7. The number of nitrogens with one attached hydrogen (secondary N) is 7. The van der Waals surface area contributed by atoms with Gasteiger partial charge in [0, 0.05) is 18.3 Å². The summed E-state index contributed by atoms with van der Waals surface area (Å²) in [5.74, 6) is -5.97. The van der Waals surface area contributed by atoms with E-state index in [4.69, 9.17) is 11.5 Å². The predicted octanol–water partition coefficient (Wildman–Crippen LogP) is -1.59. The molecule has 6 amide bonds. The lowest BCUT2D eigenvalue weighted by Crippen LogP contribution is -2.60. The highest BCUT2D eigenvalue weighted by Crippen LogP contribution is 2.10. The molecule has 18 heteroatoms. The molecule has 0 unspecified atom stereocenters. The van der Waals surface area contributed by atoms with Gasteiger partial charge in [-0.3, -0.25) is 28.8 Å². The molecule has 0 aromatic carbocycles. The molecule has 51 heavy (non-hydrogen) atoms. The first-order valence-corrected chi connectivity index (χ1v) is 17.3. The molecule has 0 saturated carbocycles. The summed E-state index contributed by atoms with van der Waals surface area (Å²) in [7, 11) is 0. The van der Waals surface area contributed by atoms with E-state index in [-0.39, 0.29) is 37.6 Å². The summed E-state index contributed by atoms with van der Waals surface area (Å²) in [5, 5.41) is 25.1. The number of H-pyrrole nitrogens is 1. The number of hydrogen-bond donors (Lipinski definition) is 10. The fraction of sp³-hybridized carbons (Fsp3) is 0.697. The minimum Gasteiger partial charge on any atom is -0.480 e. The average molecular weight is 723 g/mol. The Labute approximate surface area is 299 Å². The van der Waals surface area contributed by atoms with Crippen LogP contribution in [-0.4, -0.2) is 106 Å². The molecule has 1 rings (SSSR count). The van der Waals surface area contributed by atoms with Gasteiger partial charge in [-0.2, -0.15) is 0 Å². The van der Waals surface area contributed by atoms with Crippen LogP contribution in [0.1, 0.15) is 79.8 Å². The number of imidazole rings is 1. The summed E-state index contributed by atoms with van der Waals surface area (Å²) in [6.45, 7) is 12.0. The molecule has 0 saturated heterocycles. The summed E-state index contributed by atoms with van der Waals surface area (Å²) < 4.78 is 0. The van der Waals surface area contributed by atoms with Gasteiger partial charge in [-0.05, 0) is 56.9 Å². The Bertz CT molecular complexity index is 1300. The Kier molecular flexibility index (Phi) is 19.4. The van der Waals surface area contributed by atoms with Crippen LogP contribution < -0.4 is 43.4 Å². The third-order valence-corrected chi connectivity index (χ3v) is 7.96. The highest BCUT2D eigenvalue weighted by Gasteiger charge is 2.34. The van der Waals surface area contributed by atoms with Crippen molar-refractivity contribution in [3.8, 4) is 0 Å². The topological polar surface area (TPSA) is 293 Å². The number of carbonyl (C=O) groups excluding carboxylic acids is 6. The van der Waals surface area contributed by atoms with Crippen molar-refractivity contribution in [2.24, 2.45) is 29.2 Å². The lowest BCUT2D eigenvalue weighted by atomic mass is 9.99. The maximum atomic E-state index is 13.7. The quantitative estimate of drug-likeness (QED) is 0.0575. The van der Waals surface area contributed by atoms with E-state index < -0.39 is 83.6 Å². The fourth-order valence-corrected chi connectivity index (χ4v) is 5.03. The first-order chi connectivity index (χ1) is 23.9. The maximum absolute atomic E-state index is 13.7. The van der Waals surface area contributed by atoms with Gasteiger partial charge in [0.1, 0.15) is 36.3 Å². The van der Waals surface area contributed by atoms with Gasteiger partial charge in [-0.15, -0.1) is 0 Å². The Balaban J connectivity index is 3.14. The minimum absolute atomic E-state index is 0.0484. The molecule has 18 nitrogen and oxygen atoms in total. The van der Waals surface area contributed by atoms with Crippen molar-refractivity contribution < 1.29 is 38.7 Å². The van der Waals surface area contributed by atoms with Crippen LogP contribution in [-0.2, 0) is 40.0 Å². The molecule has 0 spiro atoms. The number of nitrogens with two attached hydrogens (primary N) is 2. The minimum atomic E-state index is -1.23. The highest BCUT2D eigenvalue weighted by atomic mass is 16.4. The SMILES string of the molecule is CC(C)C[C@H](NC(=O)[C@@H](NC(=O)CN)C(C)C)C(=O)N[C@@H](Cc1cnc[nH]1)C(=O)N[C@@H](C)C(=O)N[C@H](C(=O)N[C@@H](CCCCN)C(=O)O)C(C)C. The third-order valence-electron chi connectivity index (χ3n) is 7.96. The van der Waals surface area contributed by atoms with Crippen LogP contribution in [0.5, 0.6) is 0 Å². The molecule has 1 aromatic rings. The Morgan fingerprint density at radius 1 is 0.706 bits per heavy atom. The van der Waals surface area contributed by atoms with Gasteiger partial charge in [-0.25, -0.2) is 9.78 Å². The maximum Gasteiger partial charge on any atom is 0.326 e. The van der Waals surface area contributed by atoms with Gasteiger partial charge in [0.15, 0.2) is 0 Å². The van der Waals surface area contributed by atoms with E-state index in [9.17, 15) is 38.7 Å². The van der Waals surface area contributed by atoms with Crippen molar-refractivity contribution >= 4 is 41.4 Å². The van der Waals surface area contributed by atoms with Gasteiger partial charge >= 0.3 is 5.97 Å². The van der Waals surface area contributed by atoms with Gasteiger partial charge < -0.3 is 53.5 Å². The molecule has 12 N–H and O–H groups in total. The number of nitrogens with zero attached hydrogens (tertiary/aromatic N) is 1. The number of rotatable bonds is 23. The third kappa shape index (κ3) is 15.9. The Hall–Kier alpha value is -4.58. The summed E-state index contributed by atoms with van der Waals surface area (Å²) in [4.78, 5) is 97.3. The van der Waals surface area contributed by atoms with E-state index in [0.717, 1.165) is 0 Å². The zero-order valence-corrected chi connectivity index (χ0v) is 30.7. The van der Waals surface area contributed by atoms with Crippen LogP contribution in [0.4, 0.5) is 0 Å². The lowest BCUT2D eigenvalue weighted by Gasteiger charge is -2.28. The summed E-state index contributed by atoms with van der Waals surface area (Å²) >= 11 is 0. The second-order valence-electron chi connectivity index (χ2n) is 13.7. The van der Waals surface area contributed by atoms with Crippen LogP contribution in [0, 0.1) is 17.8 Å². The molecule has 0 aliphatic rings. The van der Waals surface area contributed by atoms with E-state index >= 15 is 0 Å². The monoisotopic (exact) mass is 722 g/mol. The van der Waals surface area contributed by atoms with E-state index in [1.54, 1.807) is 27.7 Å². The number of aromatic amines is 1. The number of carbonyl (C=O) groups is 7. The molecule has 0 aliphatic heterocycles. The number of aliphatic carboxylic acids is 1. The van der Waals surface area contributed by atoms with Crippen molar-refractivity contribution in [1.82, 2.24) is 41.9 Å². The van der Waals surface area contributed by atoms with Crippen LogP contribution >= 0.6 is 0 Å². The van der Waals surface area contributed by atoms with E-state index in [1.165, 1.54) is 19.4 Å².